The molecule has 6 nitrogen and oxygen atoms in total. The van der Waals surface area contributed by atoms with Crippen molar-refractivity contribution < 1.29 is 19.0 Å². The van der Waals surface area contributed by atoms with E-state index in [0.717, 1.165) is 16.5 Å². The van der Waals surface area contributed by atoms with Crippen molar-refractivity contribution in [2.75, 3.05) is 21.3 Å². The van der Waals surface area contributed by atoms with Crippen molar-refractivity contribution in [2.24, 2.45) is 0 Å². The third-order valence-corrected chi connectivity index (χ3v) is 4.69. The average Bonchev–Trinajstić information content (AvgIpc) is 3.08. The number of aromatic nitrogens is 1. The lowest BCUT2D eigenvalue weighted by molar-refractivity contribution is 0.0912. The number of rotatable bonds is 7. The minimum atomic E-state index is -0.456. The number of H-pyrrole nitrogens is 1. The maximum atomic E-state index is 12.9. The Bertz CT molecular complexity index is 966. The van der Waals surface area contributed by atoms with Crippen molar-refractivity contribution in [1.82, 2.24) is 10.3 Å². The van der Waals surface area contributed by atoms with Gasteiger partial charge in [-0.15, -0.1) is 0 Å². The Morgan fingerprint density at radius 1 is 1.04 bits per heavy atom. The number of ether oxygens (including phenoxy) is 3. The number of hydrogen-bond donors (Lipinski definition) is 2. The van der Waals surface area contributed by atoms with Gasteiger partial charge in [0.15, 0.2) is 11.5 Å². The zero-order valence-corrected chi connectivity index (χ0v) is 16.9. The monoisotopic (exact) mass is 382 g/mol. The molecule has 0 saturated heterocycles. The van der Waals surface area contributed by atoms with E-state index < -0.39 is 5.54 Å². The lowest BCUT2D eigenvalue weighted by atomic mass is 9.94. The minimum Gasteiger partial charge on any atom is -0.493 e. The van der Waals surface area contributed by atoms with Crippen LogP contribution in [-0.4, -0.2) is 37.8 Å². The molecular formula is C22H26N2O4. The van der Waals surface area contributed by atoms with Crippen molar-refractivity contribution >= 4 is 16.8 Å². The Balaban J connectivity index is 1.83. The largest absolute Gasteiger partial charge is 0.493 e. The predicted molar refractivity (Wildman–Crippen MR) is 110 cm³/mol. The van der Waals surface area contributed by atoms with Crippen LogP contribution >= 0.6 is 0 Å². The summed E-state index contributed by atoms with van der Waals surface area (Å²) in [4.78, 5) is 16.2. The molecule has 1 heterocycles. The van der Waals surface area contributed by atoms with E-state index in [2.05, 4.69) is 16.4 Å². The summed E-state index contributed by atoms with van der Waals surface area (Å²) in [6.45, 7) is 4.01. The van der Waals surface area contributed by atoms with E-state index in [1.807, 2.05) is 38.2 Å². The van der Waals surface area contributed by atoms with Crippen LogP contribution in [-0.2, 0) is 6.42 Å². The van der Waals surface area contributed by atoms with Crippen LogP contribution in [0.1, 0.15) is 29.8 Å². The lowest BCUT2D eigenvalue weighted by Crippen LogP contribution is -2.45. The number of carbonyl (C=O) groups excluding carboxylic acids is 1. The molecule has 148 valence electrons. The summed E-state index contributed by atoms with van der Waals surface area (Å²) in [5.74, 6) is 1.14. The molecule has 28 heavy (non-hydrogen) atoms. The number of fused-ring (bicyclic) bond motifs is 1. The molecule has 3 rings (SSSR count). The number of amides is 1. The first-order valence-electron chi connectivity index (χ1n) is 9.06. The van der Waals surface area contributed by atoms with Gasteiger partial charge in [0.05, 0.1) is 21.3 Å². The quantitative estimate of drug-likeness (QED) is 0.649. The maximum Gasteiger partial charge on any atom is 0.251 e. The molecule has 0 radical (unpaired) electrons. The molecule has 1 amide bonds. The van der Waals surface area contributed by atoms with Gasteiger partial charge in [0.25, 0.3) is 5.91 Å². The van der Waals surface area contributed by atoms with Crippen LogP contribution in [0.2, 0.25) is 0 Å². The number of benzene rings is 2. The van der Waals surface area contributed by atoms with E-state index in [-0.39, 0.29) is 5.91 Å². The Kier molecular flexibility index (Phi) is 5.49. The highest BCUT2D eigenvalue weighted by atomic mass is 16.5. The van der Waals surface area contributed by atoms with Gasteiger partial charge in [0.2, 0.25) is 5.75 Å². The molecule has 0 unspecified atom stereocenters. The van der Waals surface area contributed by atoms with Crippen LogP contribution in [0.5, 0.6) is 17.2 Å². The van der Waals surface area contributed by atoms with Crippen molar-refractivity contribution in [1.29, 1.82) is 0 Å². The van der Waals surface area contributed by atoms with Gasteiger partial charge in [-0.1, -0.05) is 18.2 Å². The number of hydrogen-bond acceptors (Lipinski definition) is 4. The first-order chi connectivity index (χ1) is 13.4. The highest BCUT2D eigenvalue weighted by Crippen LogP contribution is 2.38. The number of methoxy groups -OCH3 is 3. The second kappa shape index (κ2) is 7.84. The Morgan fingerprint density at radius 2 is 1.68 bits per heavy atom. The molecule has 2 N–H and O–H groups in total. The van der Waals surface area contributed by atoms with Crippen molar-refractivity contribution in [2.45, 2.75) is 25.8 Å². The summed E-state index contributed by atoms with van der Waals surface area (Å²) in [7, 11) is 4.59. The van der Waals surface area contributed by atoms with Gasteiger partial charge in [0, 0.05) is 28.2 Å². The summed E-state index contributed by atoms with van der Waals surface area (Å²) < 4.78 is 16.0. The molecule has 3 aromatic rings. The molecule has 0 spiro atoms. The van der Waals surface area contributed by atoms with Gasteiger partial charge in [0.1, 0.15) is 0 Å². The summed E-state index contributed by atoms with van der Waals surface area (Å²) >= 11 is 0. The van der Waals surface area contributed by atoms with Gasteiger partial charge in [-0.3, -0.25) is 4.79 Å². The molecule has 0 bridgehead atoms. The normalized spacial score (nSPS) is 11.3. The standard InChI is InChI=1S/C22H26N2O4/c1-22(2,12-15-13-23-17-9-7-6-8-16(15)17)24-21(25)14-10-18(26-3)20(28-5)19(11-14)27-4/h6-11,13,23H,12H2,1-5H3,(H,24,25). The molecule has 0 saturated carbocycles. The van der Waals surface area contributed by atoms with E-state index in [0.29, 0.717) is 29.2 Å². The van der Waals surface area contributed by atoms with E-state index in [4.69, 9.17) is 14.2 Å². The second-order valence-electron chi connectivity index (χ2n) is 7.29. The van der Waals surface area contributed by atoms with Crippen LogP contribution < -0.4 is 19.5 Å². The average molecular weight is 382 g/mol. The van der Waals surface area contributed by atoms with Gasteiger partial charge in [-0.25, -0.2) is 0 Å². The van der Waals surface area contributed by atoms with Crippen molar-refractivity contribution in [3.8, 4) is 17.2 Å². The highest BCUT2D eigenvalue weighted by molar-refractivity contribution is 5.96. The van der Waals surface area contributed by atoms with Crippen LogP contribution in [0.3, 0.4) is 0 Å². The summed E-state index contributed by atoms with van der Waals surface area (Å²) in [6, 6.07) is 11.4. The summed E-state index contributed by atoms with van der Waals surface area (Å²) in [6.07, 6.45) is 2.69. The van der Waals surface area contributed by atoms with Gasteiger partial charge < -0.3 is 24.5 Å². The topological polar surface area (TPSA) is 72.6 Å². The Hall–Kier alpha value is -3.15. The number of nitrogens with one attached hydrogen (secondary N) is 2. The van der Waals surface area contributed by atoms with E-state index in [1.165, 1.54) is 21.3 Å². The molecule has 0 aliphatic carbocycles. The van der Waals surface area contributed by atoms with Crippen molar-refractivity contribution in [3.63, 3.8) is 0 Å². The fourth-order valence-electron chi connectivity index (χ4n) is 3.39. The van der Waals surface area contributed by atoms with E-state index in [1.54, 1.807) is 12.1 Å². The van der Waals surface area contributed by atoms with Crippen molar-refractivity contribution in [3.05, 3.63) is 53.7 Å². The molecule has 0 fully saturated rings. The number of carbonyl (C=O) groups is 1. The predicted octanol–water partition coefficient (Wildman–Crippen LogP) is 3.94. The van der Waals surface area contributed by atoms with Gasteiger partial charge in [-0.05, 0) is 44.0 Å². The SMILES string of the molecule is COc1cc(C(=O)NC(C)(C)Cc2c[nH]c3ccccc23)cc(OC)c1OC. The Labute approximate surface area is 164 Å². The summed E-state index contributed by atoms with van der Waals surface area (Å²) in [5, 5.41) is 4.28. The van der Waals surface area contributed by atoms with Crippen LogP contribution in [0.15, 0.2) is 42.6 Å². The third kappa shape index (κ3) is 3.91. The summed E-state index contributed by atoms with van der Waals surface area (Å²) in [5.41, 5.74) is 2.24. The second-order valence-corrected chi connectivity index (χ2v) is 7.29. The lowest BCUT2D eigenvalue weighted by Gasteiger charge is -2.26. The smallest absolute Gasteiger partial charge is 0.251 e. The number of aromatic amines is 1. The zero-order valence-electron chi connectivity index (χ0n) is 16.9. The van der Waals surface area contributed by atoms with E-state index >= 15 is 0 Å². The van der Waals surface area contributed by atoms with Gasteiger partial charge in [-0.2, -0.15) is 0 Å². The fraction of sp³-hybridized carbons (Fsp3) is 0.318. The molecular weight excluding hydrogens is 356 g/mol. The maximum absolute atomic E-state index is 12.9. The highest BCUT2D eigenvalue weighted by Gasteiger charge is 2.25. The van der Waals surface area contributed by atoms with Gasteiger partial charge >= 0.3 is 0 Å². The fourth-order valence-corrected chi connectivity index (χ4v) is 3.39. The molecule has 0 aliphatic rings. The van der Waals surface area contributed by atoms with E-state index in [9.17, 15) is 4.79 Å². The molecule has 1 aromatic heterocycles. The first kappa shape index (κ1) is 19.6. The first-order valence-corrected chi connectivity index (χ1v) is 9.06. The third-order valence-electron chi connectivity index (χ3n) is 4.69. The Morgan fingerprint density at radius 3 is 2.29 bits per heavy atom. The zero-order chi connectivity index (χ0) is 20.3. The van der Waals surface area contributed by atoms with Crippen LogP contribution in [0.4, 0.5) is 0 Å². The van der Waals surface area contributed by atoms with Crippen LogP contribution in [0.25, 0.3) is 10.9 Å². The minimum absolute atomic E-state index is 0.205. The molecule has 6 heteroatoms. The van der Waals surface area contributed by atoms with Crippen LogP contribution in [0, 0.1) is 0 Å². The number of para-hydroxylation sites is 1. The molecule has 0 aliphatic heterocycles. The molecule has 2 aromatic carbocycles. The molecule has 0 atom stereocenters.